The first kappa shape index (κ1) is 47.0. The molecule has 0 N–H and O–H groups in total. The van der Waals surface area contributed by atoms with E-state index in [9.17, 15) is 24.0 Å². The van der Waals surface area contributed by atoms with Crippen molar-refractivity contribution in [2.45, 2.75) is 180 Å². The first-order valence-corrected chi connectivity index (χ1v) is 20.2. The number of nitrogens with zero attached hydrogens (tertiary/aromatic N) is 1. The van der Waals surface area contributed by atoms with E-state index >= 15 is 0 Å². The Balaban J connectivity index is 1.91. The van der Waals surface area contributed by atoms with Crippen LogP contribution in [-0.4, -0.2) is 141 Å². The lowest BCUT2D eigenvalue weighted by atomic mass is 9.74. The molecule has 4 rings (SSSR count). The van der Waals surface area contributed by atoms with Gasteiger partial charge in [-0.3, -0.25) is 19.2 Å². The van der Waals surface area contributed by atoms with E-state index in [4.69, 9.17) is 47.4 Å². The largest absolute Gasteiger partial charge is 0.509 e. The fourth-order valence-electron chi connectivity index (χ4n) is 9.36. The number of hydrogen-bond acceptors (Lipinski definition) is 16. The van der Waals surface area contributed by atoms with Gasteiger partial charge < -0.3 is 52.3 Å². The van der Waals surface area contributed by atoms with E-state index in [1.165, 1.54) is 21.1 Å². The van der Waals surface area contributed by atoms with E-state index < -0.39 is 108 Å². The number of esters is 2. The van der Waals surface area contributed by atoms with E-state index in [-0.39, 0.29) is 43.0 Å². The number of likely N-dealkylation sites (N-methyl/N-ethyl adjacent to an activating group) is 1. The number of Topliss-reactive ketones (excluding diaryl/α,β-unsaturated/α-hetero) is 2. The molecule has 16 nitrogen and oxygen atoms in total. The van der Waals surface area contributed by atoms with Gasteiger partial charge in [0.05, 0.1) is 41.8 Å². The molecule has 0 unspecified atom stereocenters. The van der Waals surface area contributed by atoms with Gasteiger partial charge in [0.2, 0.25) is 0 Å². The first-order valence-electron chi connectivity index (χ1n) is 20.2. The summed E-state index contributed by atoms with van der Waals surface area (Å²) in [6, 6.07) is -0.287. The minimum Gasteiger partial charge on any atom is -0.458 e. The van der Waals surface area contributed by atoms with Crippen molar-refractivity contribution in [1.82, 2.24) is 4.90 Å². The summed E-state index contributed by atoms with van der Waals surface area (Å²) in [6.07, 6.45) is -8.42. The van der Waals surface area contributed by atoms with Gasteiger partial charge in [0.1, 0.15) is 23.6 Å². The van der Waals surface area contributed by atoms with Crippen molar-refractivity contribution in [2.75, 3.05) is 28.3 Å². The lowest BCUT2D eigenvalue weighted by molar-refractivity contribution is -0.311. The molecule has 0 aromatic heterocycles. The molecular weight excluding hydrogens is 746 g/mol. The molecule has 0 aromatic rings. The van der Waals surface area contributed by atoms with Crippen LogP contribution in [0.4, 0.5) is 4.79 Å². The second kappa shape index (κ2) is 18.3. The standard InChI is InChI=1S/C41H67NO15/c1-16-28-41(11)35(56-38(47)57-41)22(4)30(44)20(2)18-40(10,49-15)34(55-37-32(52-26(8)43)27(42(12)13)17-21(3)50-37)23(5)31(24(6)36(46)53-28)54-29-19-39(9,48-14)33(45)25(7)51-29/h20-25,27-29,31-32,34-35,37H,16-19H2,1-15H3/t20-,21-,22+,23+,24-,25+,27+,28-,29+,31+,32-,34-,35-,37+,39-,40+,41-/m1/s1. The molecule has 4 saturated heterocycles. The molecule has 0 amide bonds. The number of carbonyl (C=O) groups is 5. The van der Waals surface area contributed by atoms with Gasteiger partial charge in [-0.05, 0) is 74.9 Å². The molecule has 4 heterocycles. The highest BCUT2D eigenvalue weighted by atomic mass is 16.8. The molecule has 17 atom stereocenters. The lowest BCUT2D eigenvalue weighted by Crippen LogP contribution is -2.61. The highest BCUT2D eigenvalue weighted by molar-refractivity contribution is 5.91. The maximum Gasteiger partial charge on any atom is 0.509 e. The minimum atomic E-state index is -1.50. The molecule has 0 spiro atoms. The molecule has 0 radical (unpaired) electrons. The number of methoxy groups -OCH3 is 2. The molecule has 0 aromatic carbocycles. The zero-order valence-corrected chi connectivity index (χ0v) is 36.5. The molecule has 0 aliphatic carbocycles. The monoisotopic (exact) mass is 813 g/mol. The third-order valence-corrected chi connectivity index (χ3v) is 12.8. The molecule has 4 fully saturated rings. The average molecular weight is 814 g/mol. The van der Waals surface area contributed by atoms with Crippen molar-refractivity contribution in [1.29, 1.82) is 0 Å². The average Bonchev–Trinajstić information content (AvgIpc) is 3.46. The van der Waals surface area contributed by atoms with Crippen molar-refractivity contribution in [3.05, 3.63) is 0 Å². The smallest absolute Gasteiger partial charge is 0.458 e. The number of fused-ring (bicyclic) bond motifs is 1. The highest BCUT2D eigenvalue weighted by Crippen LogP contribution is 2.44. The van der Waals surface area contributed by atoms with E-state index in [1.54, 1.807) is 55.4 Å². The second-order valence-corrected chi connectivity index (χ2v) is 17.4. The zero-order valence-electron chi connectivity index (χ0n) is 36.5. The molecular formula is C41H67NO15. The summed E-state index contributed by atoms with van der Waals surface area (Å²) >= 11 is 0. The van der Waals surface area contributed by atoms with E-state index in [2.05, 4.69) is 0 Å². The maximum atomic E-state index is 14.5. The van der Waals surface area contributed by atoms with Crippen LogP contribution in [0.5, 0.6) is 0 Å². The Labute approximate surface area is 337 Å². The lowest BCUT2D eigenvalue weighted by Gasteiger charge is -2.49. The predicted octanol–water partition coefficient (Wildman–Crippen LogP) is 4.40. The number of ether oxygens (including phenoxy) is 10. The Morgan fingerprint density at radius 1 is 0.860 bits per heavy atom. The van der Waals surface area contributed by atoms with Crippen LogP contribution >= 0.6 is 0 Å². The van der Waals surface area contributed by atoms with Crippen LogP contribution < -0.4 is 0 Å². The summed E-state index contributed by atoms with van der Waals surface area (Å²) < 4.78 is 61.9. The zero-order chi connectivity index (χ0) is 42.9. The quantitative estimate of drug-likeness (QED) is 0.236. The maximum absolute atomic E-state index is 14.5. The Morgan fingerprint density at radius 2 is 1.51 bits per heavy atom. The number of hydrogen-bond donors (Lipinski definition) is 0. The number of carbonyl (C=O) groups excluding carboxylic acids is 5. The van der Waals surface area contributed by atoms with Crippen LogP contribution in [0.15, 0.2) is 0 Å². The Morgan fingerprint density at radius 3 is 2.07 bits per heavy atom. The number of cyclic esters (lactones) is 1. The summed E-state index contributed by atoms with van der Waals surface area (Å²) in [6.45, 7) is 18.6. The molecule has 57 heavy (non-hydrogen) atoms. The summed E-state index contributed by atoms with van der Waals surface area (Å²) in [5, 5.41) is 0. The second-order valence-electron chi connectivity index (χ2n) is 17.4. The SMILES string of the molecule is CC[C@H]1OC(=O)[C@H](C)[C@@H](O[C@H]2C[C@@](C)(OC)C(=O)[C@H](C)O2)[C@H](C)[C@@H](O[C@@H]2O[C@H](C)C[C@H](N(C)C)[C@H]2OC(C)=O)[C@@](C)(OC)C[C@@H](C)C(=O)[C@H](C)[C@H]2OC(=O)O[C@@]21C. The molecule has 4 aliphatic rings. The van der Waals surface area contributed by atoms with Gasteiger partial charge in [-0.2, -0.15) is 0 Å². The summed E-state index contributed by atoms with van der Waals surface area (Å²) in [4.78, 5) is 69.3. The van der Waals surface area contributed by atoms with Gasteiger partial charge in [-0.25, -0.2) is 4.79 Å². The third-order valence-electron chi connectivity index (χ3n) is 12.8. The summed E-state index contributed by atoms with van der Waals surface area (Å²) in [5.74, 6) is -5.05. The normalized spacial score (nSPS) is 45.1. The minimum absolute atomic E-state index is 0.0150. The summed E-state index contributed by atoms with van der Waals surface area (Å²) in [5.41, 5.74) is -4.03. The summed E-state index contributed by atoms with van der Waals surface area (Å²) in [7, 11) is 6.72. The van der Waals surface area contributed by atoms with Crippen LogP contribution in [0.3, 0.4) is 0 Å². The fraction of sp³-hybridized carbons (Fsp3) is 0.878. The van der Waals surface area contributed by atoms with Crippen LogP contribution in [0, 0.1) is 23.7 Å². The fourth-order valence-corrected chi connectivity index (χ4v) is 9.36. The van der Waals surface area contributed by atoms with Gasteiger partial charge in [0, 0.05) is 39.4 Å². The van der Waals surface area contributed by atoms with Crippen molar-refractivity contribution in [3.8, 4) is 0 Å². The van der Waals surface area contributed by atoms with Gasteiger partial charge in [-0.1, -0.05) is 27.7 Å². The van der Waals surface area contributed by atoms with Crippen molar-refractivity contribution in [2.24, 2.45) is 23.7 Å². The third kappa shape index (κ3) is 9.68. The molecule has 0 bridgehead atoms. The van der Waals surface area contributed by atoms with Gasteiger partial charge in [-0.15, -0.1) is 0 Å². The van der Waals surface area contributed by atoms with Crippen LogP contribution in [-0.2, 0) is 66.5 Å². The van der Waals surface area contributed by atoms with Crippen molar-refractivity contribution < 1.29 is 71.3 Å². The Kier molecular flexibility index (Phi) is 15.0. The topological polar surface area (TPSA) is 181 Å². The van der Waals surface area contributed by atoms with E-state index in [1.807, 2.05) is 32.8 Å². The molecule has 326 valence electrons. The van der Waals surface area contributed by atoms with Crippen molar-refractivity contribution in [3.63, 3.8) is 0 Å². The Bertz CT molecular complexity index is 1470. The van der Waals surface area contributed by atoms with Crippen molar-refractivity contribution >= 4 is 29.7 Å². The predicted molar refractivity (Wildman–Crippen MR) is 203 cm³/mol. The highest BCUT2D eigenvalue weighted by Gasteiger charge is 2.59. The number of ketones is 2. The molecule has 16 heteroatoms. The van der Waals surface area contributed by atoms with Gasteiger partial charge in [0.15, 0.2) is 36.2 Å². The van der Waals surface area contributed by atoms with Gasteiger partial charge >= 0.3 is 18.1 Å². The number of rotatable bonds is 9. The van der Waals surface area contributed by atoms with Crippen LogP contribution in [0.25, 0.3) is 0 Å². The molecule has 4 aliphatic heterocycles. The van der Waals surface area contributed by atoms with Crippen LogP contribution in [0.2, 0.25) is 0 Å². The first-order chi connectivity index (χ1) is 26.5. The van der Waals surface area contributed by atoms with E-state index in [0.717, 1.165) is 0 Å². The Hall–Kier alpha value is -2.73. The van der Waals surface area contributed by atoms with Crippen LogP contribution in [0.1, 0.15) is 102 Å². The van der Waals surface area contributed by atoms with Gasteiger partial charge in [0.25, 0.3) is 0 Å². The van der Waals surface area contributed by atoms with E-state index in [0.29, 0.717) is 6.42 Å². The molecule has 0 saturated carbocycles.